The first kappa shape index (κ1) is 22.3. The van der Waals surface area contributed by atoms with Gasteiger partial charge in [0.05, 0.1) is 30.3 Å². The first-order valence-electron chi connectivity index (χ1n) is 9.45. The number of carbonyl (C=O) groups is 4. The van der Waals surface area contributed by atoms with Crippen molar-refractivity contribution in [3.05, 3.63) is 40.1 Å². The van der Waals surface area contributed by atoms with E-state index in [9.17, 15) is 19.2 Å². The number of hydrogen-bond acceptors (Lipinski definition) is 8. The van der Waals surface area contributed by atoms with Crippen LogP contribution in [0.4, 0.5) is 5.69 Å². The van der Waals surface area contributed by atoms with E-state index in [0.29, 0.717) is 10.6 Å². The van der Waals surface area contributed by atoms with Crippen LogP contribution in [-0.2, 0) is 14.3 Å². The molecule has 0 spiro atoms. The Labute approximate surface area is 182 Å². The van der Waals surface area contributed by atoms with Crippen molar-refractivity contribution in [2.45, 2.75) is 13.3 Å². The van der Waals surface area contributed by atoms with E-state index in [0.717, 1.165) is 6.42 Å². The van der Waals surface area contributed by atoms with Crippen molar-refractivity contribution in [3.63, 3.8) is 0 Å². The van der Waals surface area contributed by atoms with Gasteiger partial charge >= 0.3 is 5.97 Å². The summed E-state index contributed by atoms with van der Waals surface area (Å²) in [5.41, 5.74) is 0.179. The highest BCUT2D eigenvalue weighted by molar-refractivity contribution is 7.12. The van der Waals surface area contributed by atoms with E-state index in [-0.39, 0.29) is 34.7 Å². The molecule has 1 aliphatic rings. The highest BCUT2D eigenvalue weighted by Gasteiger charge is 2.39. The van der Waals surface area contributed by atoms with Crippen molar-refractivity contribution >= 4 is 40.7 Å². The van der Waals surface area contributed by atoms with Gasteiger partial charge in [-0.2, -0.15) is 0 Å². The number of rotatable bonds is 8. The maximum Gasteiger partial charge on any atom is 0.340 e. The summed E-state index contributed by atoms with van der Waals surface area (Å²) in [7, 11) is 2.83. The highest BCUT2D eigenvalue weighted by atomic mass is 32.1. The zero-order valence-corrected chi connectivity index (χ0v) is 18.0. The van der Waals surface area contributed by atoms with Gasteiger partial charge in [-0.25, -0.2) is 4.79 Å². The Kier molecular flexibility index (Phi) is 6.91. The van der Waals surface area contributed by atoms with E-state index in [4.69, 9.17) is 14.2 Å². The Morgan fingerprint density at radius 3 is 2.39 bits per heavy atom. The van der Waals surface area contributed by atoms with Crippen LogP contribution in [0, 0.1) is 11.8 Å². The molecule has 31 heavy (non-hydrogen) atoms. The van der Waals surface area contributed by atoms with E-state index in [2.05, 4.69) is 10.6 Å². The Balaban J connectivity index is 1.71. The first-order chi connectivity index (χ1) is 14.8. The number of ether oxygens (including phenoxy) is 3. The van der Waals surface area contributed by atoms with E-state index >= 15 is 0 Å². The number of imide groups is 1. The van der Waals surface area contributed by atoms with Gasteiger partial charge in [0, 0.05) is 18.1 Å². The number of methoxy groups -OCH3 is 2. The van der Waals surface area contributed by atoms with Gasteiger partial charge in [-0.1, -0.05) is 13.0 Å². The molecule has 164 valence electrons. The lowest BCUT2D eigenvalue weighted by Gasteiger charge is -2.15. The molecule has 1 heterocycles. The zero-order valence-electron chi connectivity index (χ0n) is 17.2. The third kappa shape index (κ3) is 5.40. The third-order valence-electron chi connectivity index (χ3n) is 4.78. The summed E-state index contributed by atoms with van der Waals surface area (Å²) in [4.78, 5) is 49.3. The molecule has 1 fully saturated rings. The van der Waals surface area contributed by atoms with Crippen LogP contribution < -0.4 is 20.1 Å². The Morgan fingerprint density at radius 1 is 1.13 bits per heavy atom. The lowest BCUT2D eigenvalue weighted by atomic mass is 10.1. The maximum atomic E-state index is 12.7. The lowest BCUT2D eigenvalue weighted by Crippen LogP contribution is -2.33. The molecule has 10 heteroatoms. The molecule has 0 radical (unpaired) electrons. The predicted octanol–water partition coefficient (Wildman–Crippen LogP) is 2.47. The molecule has 2 aromatic rings. The Bertz CT molecular complexity index is 1000. The third-order valence-corrected chi connectivity index (χ3v) is 5.65. The van der Waals surface area contributed by atoms with Crippen LogP contribution in [0.5, 0.6) is 11.5 Å². The van der Waals surface area contributed by atoms with Crippen LogP contribution in [-0.4, -0.2) is 44.5 Å². The van der Waals surface area contributed by atoms with Crippen LogP contribution in [0.25, 0.3) is 0 Å². The maximum absolute atomic E-state index is 12.7. The number of carbonyl (C=O) groups excluding carboxylic acids is 4. The molecule has 3 amide bonds. The zero-order chi connectivity index (χ0) is 22.5. The van der Waals surface area contributed by atoms with Gasteiger partial charge in [-0.05, 0) is 23.8 Å². The molecule has 1 aromatic heterocycles. The minimum atomic E-state index is -0.862. The minimum Gasteiger partial charge on any atom is -0.493 e. The standard InChI is InChI=1S/C21H22N2O7S/c1-11-7-12(11)19(25)22-14-9-16(29-3)15(28-2)8-13(14)21(27)30-10-18(24)23-20(26)17-5-4-6-31-17/h4-6,8-9,11-12H,7,10H2,1-3H3,(H,22,25)(H,23,24,26). The van der Waals surface area contributed by atoms with E-state index in [1.54, 1.807) is 17.5 Å². The highest BCUT2D eigenvalue weighted by Crippen LogP contribution is 2.40. The number of thiophene rings is 1. The SMILES string of the molecule is COc1cc(NC(=O)C2CC2C)c(C(=O)OCC(=O)NC(=O)c2cccs2)cc1OC. The van der Waals surface area contributed by atoms with Crippen molar-refractivity contribution in [2.75, 3.05) is 26.1 Å². The van der Waals surface area contributed by atoms with Crippen LogP contribution >= 0.6 is 11.3 Å². The first-order valence-corrected chi connectivity index (χ1v) is 10.3. The van der Waals surface area contributed by atoms with Crippen molar-refractivity contribution in [1.82, 2.24) is 5.32 Å². The Hall–Kier alpha value is -3.40. The molecule has 1 saturated carbocycles. The molecule has 1 aliphatic carbocycles. The number of anilines is 1. The number of nitrogens with one attached hydrogen (secondary N) is 2. The van der Waals surface area contributed by atoms with Crippen molar-refractivity contribution < 1.29 is 33.4 Å². The second-order valence-corrected chi connectivity index (χ2v) is 7.94. The quantitative estimate of drug-likeness (QED) is 0.598. The second kappa shape index (κ2) is 9.61. The van der Waals surface area contributed by atoms with Gasteiger partial charge in [0.25, 0.3) is 11.8 Å². The average molecular weight is 446 g/mol. The van der Waals surface area contributed by atoms with Crippen LogP contribution in [0.2, 0.25) is 0 Å². The fourth-order valence-corrected chi connectivity index (χ4v) is 3.52. The van der Waals surface area contributed by atoms with Gasteiger partial charge in [0.1, 0.15) is 0 Å². The van der Waals surface area contributed by atoms with Crippen molar-refractivity contribution in [3.8, 4) is 11.5 Å². The molecule has 2 N–H and O–H groups in total. The lowest BCUT2D eigenvalue weighted by molar-refractivity contribution is -0.123. The Morgan fingerprint density at radius 2 is 1.81 bits per heavy atom. The van der Waals surface area contributed by atoms with Gasteiger partial charge in [-0.15, -0.1) is 11.3 Å². The van der Waals surface area contributed by atoms with Gasteiger partial charge < -0.3 is 19.5 Å². The average Bonchev–Trinajstić information content (AvgIpc) is 3.25. The predicted molar refractivity (Wildman–Crippen MR) is 113 cm³/mol. The van der Waals surface area contributed by atoms with Crippen LogP contribution in [0.15, 0.2) is 29.6 Å². The molecule has 0 aliphatic heterocycles. The summed E-state index contributed by atoms with van der Waals surface area (Å²) in [5, 5.41) is 6.57. The number of amides is 3. The fourth-order valence-electron chi connectivity index (χ4n) is 2.91. The summed E-state index contributed by atoms with van der Waals surface area (Å²) in [6.45, 7) is 1.29. The molecule has 0 bridgehead atoms. The van der Waals surface area contributed by atoms with E-state index in [1.165, 1.54) is 37.7 Å². The summed E-state index contributed by atoms with van der Waals surface area (Å²) < 4.78 is 15.5. The molecule has 2 atom stereocenters. The van der Waals surface area contributed by atoms with E-state index in [1.807, 2.05) is 6.92 Å². The molecular weight excluding hydrogens is 424 g/mol. The van der Waals surface area contributed by atoms with E-state index < -0.39 is 24.4 Å². The monoisotopic (exact) mass is 446 g/mol. The van der Waals surface area contributed by atoms with Crippen LogP contribution in [0.1, 0.15) is 33.4 Å². The molecule has 9 nitrogen and oxygen atoms in total. The van der Waals surface area contributed by atoms with Crippen molar-refractivity contribution in [2.24, 2.45) is 11.8 Å². The summed E-state index contributed by atoms with van der Waals surface area (Å²) in [6, 6.07) is 6.07. The van der Waals surface area contributed by atoms with Crippen molar-refractivity contribution in [1.29, 1.82) is 0 Å². The van der Waals surface area contributed by atoms with Crippen LogP contribution in [0.3, 0.4) is 0 Å². The number of benzene rings is 1. The molecule has 2 unspecified atom stereocenters. The summed E-state index contributed by atoms with van der Waals surface area (Å²) >= 11 is 1.18. The molecule has 0 saturated heterocycles. The molecule has 3 rings (SSSR count). The van der Waals surface area contributed by atoms with Gasteiger partial charge in [0.2, 0.25) is 5.91 Å². The summed E-state index contributed by atoms with van der Waals surface area (Å²) in [6.07, 6.45) is 0.775. The number of esters is 1. The smallest absolute Gasteiger partial charge is 0.340 e. The molecule has 1 aromatic carbocycles. The molecular formula is C21H22N2O7S. The largest absolute Gasteiger partial charge is 0.493 e. The normalized spacial score (nSPS) is 16.7. The topological polar surface area (TPSA) is 120 Å². The fraction of sp³-hybridized carbons (Fsp3) is 0.333. The minimum absolute atomic E-state index is 0.00307. The van der Waals surface area contributed by atoms with Gasteiger partial charge in [-0.3, -0.25) is 19.7 Å². The van der Waals surface area contributed by atoms with Gasteiger partial charge in [0.15, 0.2) is 18.1 Å². The number of hydrogen-bond donors (Lipinski definition) is 2. The summed E-state index contributed by atoms with van der Waals surface area (Å²) in [5.74, 6) is -1.70. The second-order valence-electron chi connectivity index (χ2n) is 6.99.